The molecule has 2 aliphatic rings. The van der Waals surface area contributed by atoms with Gasteiger partial charge in [-0.05, 0) is 64.9 Å². The third kappa shape index (κ3) is 3.97. The first-order valence-electron chi connectivity index (χ1n) is 10.3. The number of phenols is 1. The van der Waals surface area contributed by atoms with Crippen molar-refractivity contribution in [2.45, 2.75) is 31.5 Å². The molecule has 0 aromatic heterocycles. The zero-order valence-electron chi connectivity index (χ0n) is 18.2. The van der Waals surface area contributed by atoms with Gasteiger partial charge in [-0.25, -0.2) is 0 Å². The van der Waals surface area contributed by atoms with Crippen molar-refractivity contribution in [1.82, 2.24) is 4.90 Å². The van der Waals surface area contributed by atoms with Gasteiger partial charge in [-0.2, -0.15) is 8.42 Å². The van der Waals surface area contributed by atoms with Crippen LogP contribution < -0.4 is 9.47 Å². The Hall–Kier alpha value is -2.59. The Bertz CT molecular complexity index is 1280. The summed E-state index contributed by atoms with van der Waals surface area (Å²) in [4.78, 5) is 2.37. The lowest BCUT2D eigenvalue weighted by Crippen LogP contribution is -2.39. The van der Waals surface area contributed by atoms with Crippen LogP contribution in [-0.2, 0) is 16.7 Å². The maximum Gasteiger partial charge on any atom is 0.261 e. The Balaban J connectivity index is 0.000000444. The fourth-order valence-corrected chi connectivity index (χ4v) is 5.00. The van der Waals surface area contributed by atoms with E-state index >= 15 is 0 Å². The second kappa shape index (κ2) is 8.40. The maximum absolute atomic E-state index is 11.2. The molecule has 3 N–H and O–H groups in total. The molecule has 8 nitrogen and oxygen atoms in total. The van der Waals surface area contributed by atoms with E-state index in [-0.39, 0.29) is 11.8 Å². The summed E-state index contributed by atoms with van der Waals surface area (Å²) in [5, 5.41) is 25.5. The largest absolute Gasteiger partial charge is 0.507 e. The number of hydrogen-bond donors (Lipinski definition) is 3. The molecule has 32 heavy (non-hydrogen) atoms. The fourth-order valence-electron chi connectivity index (χ4n) is 5.00. The van der Waals surface area contributed by atoms with Crippen molar-refractivity contribution < 1.29 is 32.7 Å². The lowest BCUT2D eigenvalue weighted by atomic mass is 9.83. The van der Waals surface area contributed by atoms with E-state index in [4.69, 9.17) is 14.0 Å². The van der Waals surface area contributed by atoms with Crippen LogP contribution in [0.2, 0.25) is 0 Å². The number of rotatable bonds is 2. The Morgan fingerprint density at radius 1 is 1.06 bits per heavy atom. The predicted octanol–water partition coefficient (Wildman–Crippen LogP) is 3.23. The highest BCUT2D eigenvalue weighted by molar-refractivity contribution is 7.85. The van der Waals surface area contributed by atoms with Gasteiger partial charge < -0.3 is 19.7 Å². The quantitative estimate of drug-likeness (QED) is 0.393. The van der Waals surface area contributed by atoms with Gasteiger partial charge in [0.2, 0.25) is 0 Å². The van der Waals surface area contributed by atoms with Crippen molar-refractivity contribution in [2.24, 2.45) is 0 Å². The van der Waals surface area contributed by atoms with E-state index < -0.39 is 16.2 Å². The number of hydrogen-bond acceptors (Lipinski definition) is 7. The molecule has 0 aliphatic carbocycles. The van der Waals surface area contributed by atoms with Gasteiger partial charge >= 0.3 is 0 Å². The highest BCUT2D eigenvalue weighted by atomic mass is 32.2. The Kier molecular flexibility index (Phi) is 5.93. The number of benzene rings is 3. The second-order valence-electron chi connectivity index (χ2n) is 8.20. The first-order chi connectivity index (χ1) is 15.1. The molecular weight excluding hydrogens is 434 g/mol. The highest BCUT2D eigenvalue weighted by Crippen LogP contribution is 2.48. The number of methoxy groups -OCH3 is 2. The summed E-state index contributed by atoms with van der Waals surface area (Å²) in [6.07, 6.45) is 2.27. The van der Waals surface area contributed by atoms with Crippen LogP contribution in [0, 0.1) is 0 Å². The molecule has 1 fully saturated rings. The molecule has 2 aliphatic heterocycles. The summed E-state index contributed by atoms with van der Waals surface area (Å²) < 4.78 is 36.9. The summed E-state index contributed by atoms with van der Waals surface area (Å²) in [6.45, 7) is 1.81. The molecular formula is C23H27NO7S. The smallest absolute Gasteiger partial charge is 0.261 e. The third-order valence-corrected chi connectivity index (χ3v) is 6.21. The summed E-state index contributed by atoms with van der Waals surface area (Å²) >= 11 is 0. The van der Waals surface area contributed by atoms with Crippen molar-refractivity contribution in [3.8, 4) is 17.2 Å². The number of aromatic hydroxyl groups is 1. The molecule has 0 spiro atoms. The van der Waals surface area contributed by atoms with Gasteiger partial charge in [0.25, 0.3) is 10.1 Å². The first-order valence-corrected chi connectivity index (χ1v) is 12.2. The number of phenolic OH excluding ortho intramolecular Hbond substituents is 1. The molecule has 0 unspecified atom stereocenters. The van der Waals surface area contributed by atoms with E-state index in [2.05, 4.69) is 4.90 Å². The highest BCUT2D eigenvalue weighted by Gasteiger charge is 2.39. The number of aliphatic hydroxyl groups excluding tert-OH is 1. The van der Waals surface area contributed by atoms with E-state index in [1.807, 2.05) is 24.3 Å². The van der Waals surface area contributed by atoms with E-state index in [0.717, 1.165) is 58.6 Å². The Morgan fingerprint density at radius 2 is 1.69 bits per heavy atom. The summed E-state index contributed by atoms with van der Waals surface area (Å²) in [7, 11) is -0.428. The molecule has 0 radical (unpaired) electrons. The molecule has 0 amide bonds. The fraction of sp³-hybridized carbons (Fsp3) is 0.391. The van der Waals surface area contributed by atoms with Gasteiger partial charge in [0.15, 0.2) is 11.5 Å². The molecule has 172 valence electrons. The lowest BCUT2D eigenvalue weighted by molar-refractivity contribution is 0.0552. The van der Waals surface area contributed by atoms with Gasteiger partial charge in [-0.3, -0.25) is 9.45 Å². The Morgan fingerprint density at radius 3 is 2.31 bits per heavy atom. The molecule has 5 rings (SSSR count). The summed E-state index contributed by atoms with van der Waals surface area (Å²) in [5.41, 5.74) is 2.07. The van der Waals surface area contributed by atoms with E-state index in [1.165, 1.54) is 0 Å². The molecule has 3 aromatic carbocycles. The summed E-state index contributed by atoms with van der Waals surface area (Å²) in [6, 6.07) is 9.60. The topological polar surface area (TPSA) is 117 Å². The molecule has 9 heteroatoms. The van der Waals surface area contributed by atoms with Crippen LogP contribution >= 0.6 is 0 Å². The number of nitrogens with zero attached hydrogens (tertiary/aromatic N) is 1. The Labute approximate surface area is 186 Å². The maximum atomic E-state index is 11.2. The minimum absolute atomic E-state index is 0.153. The molecule has 1 saturated heterocycles. The van der Waals surface area contributed by atoms with Crippen LogP contribution in [0.15, 0.2) is 30.3 Å². The van der Waals surface area contributed by atoms with E-state index in [1.54, 1.807) is 20.3 Å². The monoisotopic (exact) mass is 461 g/mol. The molecule has 2 atom stereocenters. The third-order valence-electron chi connectivity index (χ3n) is 6.21. The first kappa shape index (κ1) is 22.6. The van der Waals surface area contributed by atoms with E-state index in [0.29, 0.717) is 17.8 Å². The second-order valence-corrected chi connectivity index (χ2v) is 9.67. The zero-order chi connectivity index (χ0) is 23.2. The average molecular weight is 462 g/mol. The SMILES string of the molecule is COc1cc2c3c(c4cccc(O)c4c2cc1OC)[C@H](O)[C@@H]1CCCN1C3.CS(=O)(=O)O. The zero-order valence-corrected chi connectivity index (χ0v) is 19.0. The standard InChI is InChI=1S/C22H23NO4.CH4O3S/c1-26-18-9-13-14(10-19(18)27-2)20-12(5-3-7-17(20)24)21-15(13)11-23-8-4-6-16(23)22(21)25;1-5(2,3)4/h3,5,7,9-10,16,22,24-25H,4,6,8,11H2,1-2H3;1H3,(H,2,3,4)/t16-,22+;/m0./s1. The molecule has 0 saturated carbocycles. The number of ether oxygens (including phenoxy) is 2. The van der Waals surface area contributed by atoms with Crippen LogP contribution in [0.1, 0.15) is 30.1 Å². The van der Waals surface area contributed by atoms with Crippen molar-refractivity contribution in [1.29, 1.82) is 0 Å². The minimum Gasteiger partial charge on any atom is -0.507 e. The van der Waals surface area contributed by atoms with Crippen molar-refractivity contribution in [2.75, 3.05) is 27.0 Å². The molecule has 0 bridgehead atoms. The van der Waals surface area contributed by atoms with Crippen molar-refractivity contribution in [3.05, 3.63) is 41.5 Å². The van der Waals surface area contributed by atoms with Crippen molar-refractivity contribution in [3.63, 3.8) is 0 Å². The van der Waals surface area contributed by atoms with E-state index in [9.17, 15) is 18.6 Å². The van der Waals surface area contributed by atoms with Crippen molar-refractivity contribution >= 4 is 31.7 Å². The van der Waals surface area contributed by atoms with Crippen LogP contribution in [0.5, 0.6) is 17.2 Å². The van der Waals surface area contributed by atoms with Gasteiger partial charge in [-0.1, -0.05) is 12.1 Å². The van der Waals surface area contributed by atoms with Gasteiger partial charge in [0.05, 0.1) is 26.6 Å². The van der Waals surface area contributed by atoms with Crippen LogP contribution in [-0.4, -0.2) is 61.1 Å². The van der Waals surface area contributed by atoms with Crippen LogP contribution in [0.25, 0.3) is 21.5 Å². The normalized spacial score (nSPS) is 20.4. The number of fused-ring (bicyclic) bond motifs is 7. The van der Waals surface area contributed by atoms with Gasteiger partial charge in [-0.15, -0.1) is 0 Å². The van der Waals surface area contributed by atoms with Gasteiger partial charge in [0.1, 0.15) is 5.75 Å². The number of aliphatic hydroxyl groups is 1. The lowest BCUT2D eigenvalue weighted by Gasteiger charge is -2.37. The average Bonchev–Trinajstić information content (AvgIpc) is 3.20. The molecule has 3 aromatic rings. The predicted molar refractivity (Wildman–Crippen MR) is 122 cm³/mol. The molecule has 2 heterocycles. The van der Waals surface area contributed by atoms with Crippen LogP contribution in [0.3, 0.4) is 0 Å². The van der Waals surface area contributed by atoms with Gasteiger partial charge in [0, 0.05) is 18.0 Å². The van der Waals surface area contributed by atoms with Crippen LogP contribution in [0.4, 0.5) is 0 Å². The minimum atomic E-state index is -3.67. The summed E-state index contributed by atoms with van der Waals surface area (Å²) in [5.74, 6) is 1.50.